The van der Waals surface area contributed by atoms with E-state index in [1.54, 1.807) is 38.6 Å². The van der Waals surface area contributed by atoms with Crippen molar-refractivity contribution in [3.8, 4) is 11.3 Å². The first kappa shape index (κ1) is 19.9. The van der Waals surface area contributed by atoms with Gasteiger partial charge in [0.2, 0.25) is 0 Å². The van der Waals surface area contributed by atoms with Crippen LogP contribution in [-0.2, 0) is 28.9 Å². The fourth-order valence-corrected chi connectivity index (χ4v) is 3.24. The van der Waals surface area contributed by atoms with E-state index in [-0.39, 0.29) is 13.2 Å². The van der Waals surface area contributed by atoms with Gasteiger partial charge in [-0.15, -0.1) is 0 Å². The molecule has 0 spiro atoms. The van der Waals surface area contributed by atoms with Gasteiger partial charge < -0.3 is 14.8 Å². The highest BCUT2D eigenvalue weighted by atomic mass is 16.6. The van der Waals surface area contributed by atoms with Crippen molar-refractivity contribution in [2.45, 2.75) is 52.7 Å². The summed E-state index contributed by atoms with van der Waals surface area (Å²) in [7, 11) is 0. The highest BCUT2D eigenvalue weighted by Gasteiger charge is 2.29. The Kier molecular flexibility index (Phi) is 5.67. The van der Waals surface area contributed by atoms with Crippen molar-refractivity contribution in [3.05, 3.63) is 35.3 Å². The molecule has 0 aromatic carbocycles. The number of fused-ring (bicyclic) bond motifs is 3. The average molecular weight is 386 g/mol. The highest BCUT2D eigenvalue weighted by Crippen LogP contribution is 2.34. The number of ether oxygens (including phenoxy) is 2. The summed E-state index contributed by atoms with van der Waals surface area (Å²) in [4.78, 5) is 28.6. The number of carbonyl (C=O) groups is 2. The zero-order chi connectivity index (χ0) is 20.3. The third kappa shape index (κ3) is 4.32. The standard InChI is InChI=1S/C20H26N4O4/c1-5-27-18(25)17-15-7-6-13-12-21-9-8-14(13)16(15)23-24(17)11-10-22-19(26)28-20(2,3)4/h8-9,12H,5-7,10-11H2,1-4H3,(H,22,26). The molecule has 150 valence electrons. The van der Waals surface area contributed by atoms with Crippen LogP contribution in [0, 0.1) is 0 Å². The summed E-state index contributed by atoms with van der Waals surface area (Å²) in [5.74, 6) is -0.397. The maximum Gasteiger partial charge on any atom is 0.407 e. The van der Waals surface area contributed by atoms with Crippen LogP contribution in [0.4, 0.5) is 4.79 Å². The van der Waals surface area contributed by atoms with Crippen molar-refractivity contribution in [1.82, 2.24) is 20.1 Å². The molecule has 1 N–H and O–H groups in total. The summed E-state index contributed by atoms with van der Waals surface area (Å²) in [6, 6.07) is 1.92. The van der Waals surface area contributed by atoms with Gasteiger partial charge in [-0.25, -0.2) is 9.59 Å². The van der Waals surface area contributed by atoms with E-state index in [1.807, 2.05) is 12.3 Å². The Morgan fingerprint density at radius 2 is 2.07 bits per heavy atom. The highest BCUT2D eigenvalue weighted by molar-refractivity contribution is 5.92. The normalized spacial score (nSPS) is 12.7. The molecule has 0 atom stereocenters. The van der Waals surface area contributed by atoms with Crippen LogP contribution in [0.2, 0.25) is 0 Å². The second kappa shape index (κ2) is 8.00. The summed E-state index contributed by atoms with van der Waals surface area (Å²) in [6.45, 7) is 8.09. The topological polar surface area (TPSA) is 95.3 Å². The molecule has 28 heavy (non-hydrogen) atoms. The molecule has 0 fully saturated rings. The lowest BCUT2D eigenvalue weighted by Gasteiger charge is -2.19. The van der Waals surface area contributed by atoms with E-state index in [0.717, 1.165) is 28.8 Å². The lowest BCUT2D eigenvalue weighted by molar-refractivity contribution is 0.0510. The maximum atomic E-state index is 12.6. The van der Waals surface area contributed by atoms with Crippen LogP contribution in [0.1, 0.15) is 49.3 Å². The monoisotopic (exact) mass is 386 g/mol. The molecule has 0 saturated carbocycles. The fraction of sp³-hybridized carbons (Fsp3) is 0.500. The second-order valence-electron chi connectivity index (χ2n) is 7.58. The molecule has 1 aliphatic rings. The van der Waals surface area contributed by atoms with Crippen molar-refractivity contribution in [2.24, 2.45) is 0 Å². The molecule has 0 unspecified atom stereocenters. The molecule has 8 heteroatoms. The molecule has 0 aliphatic heterocycles. The minimum atomic E-state index is -0.567. The molecule has 0 saturated heterocycles. The number of pyridine rings is 1. The number of esters is 1. The Bertz CT molecular complexity index is 883. The second-order valence-corrected chi connectivity index (χ2v) is 7.58. The number of nitrogens with one attached hydrogen (secondary N) is 1. The Balaban J connectivity index is 1.84. The number of rotatable bonds is 5. The minimum Gasteiger partial charge on any atom is -0.461 e. The summed E-state index contributed by atoms with van der Waals surface area (Å²) in [5, 5.41) is 7.36. The summed E-state index contributed by atoms with van der Waals surface area (Å²) < 4.78 is 12.1. The first-order valence-electron chi connectivity index (χ1n) is 9.47. The lowest BCUT2D eigenvalue weighted by Crippen LogP contribution is -2.34. The van der Waals surface area contributed by atoms with E-state index < -0.39 is 17.7 Å². The van der Waals surface area contributed by atoms with Crippen molar-refractivity contribution in [1.29, 1.82) is 0 Å². The number of hydrogen-bond acceptors (Lipinski definition) is 6. The number of hydrogen-bond donors (Lipinski definition) is 1. The third-order valence-electron chi connectivity index (χ3n) is 4.31. The zero-order valence-electron chi connectivity index (χ0n) is 16.7. The van der Waals surface area contributed by atoms with Gasteiger partial charge in [0.25, 0.3) is 0 Å². The molecule has 1 amide bonds. The quantitative estimate of drug-likeness (QED) is 0.794. The molecule has 2 heterocycles. The smallest absolute Gasteiger partial charge is 0.407 e. The van der Waals surface area contributed by atoms with E-state index in [4.69, 9.17) is 9.47 Å². The summed E-state index contributed by atoms with van der Waals surface area (Å²) in [5.41, 5.74) is 3.65. The van der Waals surface area contributed by atoms with Crippen molar-refractivity contribution < 1.29 is 19.1 Å². The van der Waals surface area contributed by atoms with Crippen LogP contribution >= 0.6 is 0 Å². The number of aromatic nitrogens is 3. The lowest BCUT2D eigenvalue weighted by atomic mass is 9.90. The van der Waals surface area contributed by atoms with Crippen molar-refractivity contribution in [3.63, 3.8) is 0 Å². The predicted molar refractivity (Wildman–Crippen MR) is 103 cm³/mol. The number of amides is 1. The van der Waals surface area contributed by atoms with Gasteiger partial charge >= 0.3 is 12.1 Å². The molecule has 1 aliphatic carbocycles. The van der Waals surface area contributed by atoms with Gasteiger partial charge in [0.15, 0.2) is 0 Å². The first-order chi connectivity index (χ1) is 13.3. The fourth-order valence-electron chi connectivity index (χ4n) is 3.24. The summed E-state index contributed by atoms with van der Waals surface area (Å²) >= 11 is 0. The van der Waals surface area contributed by atoms with Gasteiger partial charge in [-0.1, -0.05) is 0 Å². The van der Waals surface area contributed by atoms with E-state index >= 15 is 0 Å². The maximum absolute atomic E-state index is 12.6. The van der Waals surface area contributed by atoms with Gasteiger partial charge in [0, 0.05) is 30.1 Å². The average Bonchev–Trinajstić information content (AvgIpc) is 2.99. The van der Waals surface area contributed by atoms with Crippen LogP contribution in [-0.4, -0.2) is 45.6 Å². The number of alkyl carbamates (subject to hydrolysis) is 1. The van der Waals surface area contributed by atoms with Gasteiger partial charge in [0.1, 0.15) is 11.3 Å². The summed E-state index contributed by atoms with van der Waals surface area (Å²) in [6.07, 6.45) is 4.55. The number of carbonyl (C=O) groups excluding carboxylic acids is 2. The minimum absolute atomic E-state index is 0.283. The predicted octanol–water partition coefficient (Wildman–Crippen LogP) is 2.75. The SMILES string of the molecule is CCOC(=O)c1c2c(nn1CCNC(=O)OC(C)(C)C)-c1ccncc1CC2. The van der Waals surface area contributed by atoms with E-state index in [1.165, 1.54) is 0 Å². The molecular formula is C20H26N4O4. The third-order valence-corrected chi connectivity index (χ3v) is 4.31. The van der Waals surface area contributed by atoms with Gasteiger partial charge in [-0.3, -0.25) is 9.67 Å². The van der Waals surface area contributed by atoms with E-state index in [9.17, 15) is 9.59 Å². The Hall–Kier alpha value is -2.90. The van der Waals surface area contributed by atoms with E-state index in [0.29, 0.717) is 18.7 Å². The molecule has 8 nitrogen and oxygen atoms in total. The Morgan fingerprint density at radius 3 is 2.79 bits per heavy atom. The van der Waals surface area contributed by atoms with Gasteiger partial charge in [0.05, 0.1) is 18.8 Å². The van der Waals surface area contributed by atoms with Gasteiger partial charge in [-0.05, 0) is 52.2 Å². The largest absolute Gasteiger partial charge is 0.461 e. The van der Waals surface area contributed by atoms with Crippen molar-refractivity contribution in [2.75, 3.05) is 13.2 Å². The zero-order valence-corrected chi connectivity index (χ0v) is 16.7. The van der Waals surface area contributed by atoms with Crippen molar-refractivity contribution >= 4 is 12.1 Å². The molecule has 2 aromatic rings. The molecular weight excluding hydrogens is 360 g/mol. The van der Waals surface area contributed by atoms with Crippen LogP contribution < -0.4 is 5.32 Å². The molecule has 0 bridgehead atoms. The molecule has 2 aromatic heterocycles. The Labute approximate surface area is 164 Å². The van der Waals surface area contributed by atoms with Crippen LogP contribution in [0.3, 0.4) is 0 Å². The molecule has 0 radical (unpaired) electrons. The van der Waals surface area contributed by atoms with E-state index in [2.05, 4.69) is 15.4 Å². The Morgan fingerprint density at radius 1 is 1.29 bits per heavy atom. The van der Waals surface area contributed by atoms with Crippen LogP contribution in [0.25, 0.3) is 11.3 Å². The van der Waals surface area contributed by atoms with Crippen LogP contribution in [0.5, 0.6) is 0 Å². The first-order valence-corrected chi connectivity index (χ1v) is 9.47. The number of nitrogens with zero attached hydrogens (tertiary/aromatic N) is 3. The number of aryl methyl sites for hydroxylation is 1. The van der Waals surface area contributed by atoms with Gasteiger partial charge in [-0.2, -0.15) is 5.10 Å². The molecule has 3 rings (SSSR count). The van der Waals surface area contributed by atoms with Crippen LogP contribution in [0.15, 0.2) is 18.5 Å².